The van der Waals surface area contributed by atoms with E-state index in [0.29, 0.717) is 24.1 Å². The van der Waals surface area contributed by atoms with E-state index in [0.717, 1.165) is 4.68 Å². The molecule has 2 atom stereocenters. The summed E-state index contributed by atoms with van der Waals surface area (Å²) in [5.74, 6) is -0.344. The summed E-state index contributed by atoms with van der Waals surface area (Å²) in [4.78, 5) is 26.9. The number of rotatable bonds is 5. The quantitative estimate of drug-likeness (QED) is 0.737. The molecule has 9 heteroatoms. The van der Waals surface area contributed by atoms with E-state index in [2.05, 4.69) is 5.10 Å². The summed E-state index contributed by atoms with van der Waals surface area (Å²) in [5.41, 5.74) is 0.380. The molecule has 0 spiro atoms. The number of carbonyl (C=O) groups is 1. The van der Waals surface area contributed by atoms with Crippen molar-refractivity contribution in [1.82, 2.24) is 14.7 Å². The average molecular weight is 380 g/mol. The lowest BCUT2D eigenvalue weighted by Gasteiger charge is -2.33. The molecule has 0 saturated carbocycles. The lowest BCUT2D eigenvalue weighted by atomic mass is 10.1. The van der Waals surface area contributed by atoms with Gasteiger partial charge in [0, 0.05) is 12.1 Å². The van der Waals surface area contributed by atoms with Crippen molar-refractivity contribution in [3.05, 3.63) is 27.2 Å². The van der Waals surface area contributed by atoms with Crippen LogP contribution in [0.25, 0.3) is 0 Å². The number of aromatic nitrogens is 2. The van der Waals surface area contributed by atoms with Crippen molar-refractivity contribution in [3.63, 3.8) is 0 Å². The molecular weight excluding hydrogens is 356 g/mol. The highest BCUT2D eigenvalue weighted by Crippen LogP contribution is 2.21. The first-order chi connectivity index (χ1) is 12.1. The molecular formula is C17H24N4O4S. The van der Waals surface area contributed by atoms with Crippen LogP contribution < -0.4 is 5.56 Å². The van der Waals surface area contributed by atoms with Gasteiger partial charge < -0.3 is 4.90 Å². The van der Waals surface area contributed by atoms with Gasteiger partial charge in [0.05, 0.1) is 17.2 Å². The molecule has 26 heavy (non-hydrogen) atoms. The molecule has 0 aromatic carbocycles. The molecule has 142 valence electrons. The van der Waals surface area contributed by atoms with E-state index in [4.69, 9.17) is 0 Å². The first-order valence-electron chi connectivity index (χ1n) is 8.61. The lowest BCUT2D eigenvalue weighted by molar-refractivity contribution is -0.136. The molecule has 1 aromatic heterocycles. The van der Waals surface area contributed by atoms with E-state index in [1.807, 2.05) is 19.9 Å². The number of nitrogens with zero attached hydrogens (tertiary/aromatic N) is 4. The Morgan fingerprint density at radius 3 is 2.62 bits per heavy atom. The van der Waals surface area contributed by atoms with E-state index < -0.39 is 15.4 Å². The van der Waals surface area contributed by atoms with Crippen LogP contribution in [0.4, 0.5) is 0 Å². The Kier molecular flexibility index (Phi) is 5.86. The van der Waals surface area contributed by atoms with Crippen LogP contribution in [-0.2, 0) is 21.2 Å². The van der Waals surface area contributed by atoms with Gasteiger partial charge in [0.15, 0.2) is 9.84 Å². The number of hydrogen-bond donors (Lipinski definition) is 0. The van der Waals surface area contributed by atoms with Gasteiger partial charge in [-0.05, 0) is 39.2 Å². The van der Waals surface area contributed by atoms with E-state index in [9.17, 15) is 23.3 Å². The fourth-order valence-electron chi connectivity index (χ4n) is 3.22. The predicted octanol–water partition coefficient (Wildman–Crippen LogP) is 0.546. The summed E-state index contributed by atoms with van der Waals surface area (Å²) in [6.07, 6.45) is 1.07. The Morgan fingerprint density at radius 1 is 1.46 bits per heavy atom. The third-order valence-electron chi connectivity index (χ3n) is 4.99. The molecule has 2 rings (SSSR count). The topological polar surface area (TPSA) is 113 Å². The summed E-state index contributed by atoms with van der Waals surface area (Å²) < 4.78 is 24.6. The second-order valence-electron chi connectivity index (χ2n) is 6.78. The van der Waals surface area contributed by atoms with Crippen molar-refractivity contribution in [3.8, 4) is 6.07 Å². The van der Waals surface area contributed by atoms with E-state index in [-0.39, 0.29) is 41.6 Å². The van der Waals surface area contributed by atoms with Gasteiger partial charge in [0.1, 0.15) is 18.2 Å². The number of hydrogen-bond acceptors (Lipinski definition) is 6. The van der Waals surface area contributed by atoms with Gasteiger partial charge in [0.2, 0.25) is 5.91 Å². The number of amides is 1. The van der Waals surface area contributed by atoms with Gasteiger partial charge in [-0.25, -0.2) is 13.1 Å². The Balaban J connectivity index is 2.36. The monoisotopic (exact) mass is 380 g/mol. The highest BCUT2D eigenvalue weighted by molar-refractivity contribution is 7.91. The molecule has 0 radical (unpaired) electrons. The van der Waals surface area contributed by atoms with Gasteiger partial charge >= 0.3 is 0 Å². The third-order valence-corrected chi connectivity index (χ3v) is 6.74. The molecule has 0 aliphatic carbocycles. The maximum atomic E-state index is 12.9. The summed E-state index contributed by atoms with van der Waals surface area (Å²) >= 11 is 0. The Morgan fingerprint density at radius 2 is 2.12 bits per heavy atom. The Hall–Kier alpha value is -2.21. The van der Waals surface area contributed by atoms with Crippen molar-refractivity contribution in [2.75, 3.05) is 11.5 Å². The molecule has 1 fully saturated rings. The first kappa shape index (κ1) is 20.1. The third kappa shape index (κ3) is 3.96. The predicted molar refractivity (Wildman–Crippen MR) is 96.3 cm³/mol. The minimum atomic E-state index is -3.14. The van der Waals surface area contributed by atoms with Crippen molar-refractivity contribution in [2.45, 2.75) is 59.2 Å². The zero-order chi connectivity index (χ0) is 19.6. The normalized spacial score (nSPS) is 19.7. The Labute approximate surface area is 153 Å². The highest BCUT2D eigenvalue weighted by atomic mass is 32.2. The maximum absolute atomic E-state index is 12.9. The Bertz CT molecular complexity index is 914. The van der Waals surface area contributed by atoms with Gasteiger partial charge in [-0.2, -0.15) is 10.4 Å². The summed E-state index contributed by atoms with van der Waals surface area (Å²) in [5, 5.41) is 13.3. The van der Waals surface area contributed by atoms with Crippen LogP contribution in [0.2, 0.25) is 0 Å². The minimum Gasteiger partial charge on any atom is -0.334 e. The second kappa shape index (κ2) is 7.58. The van der Waals surface area contributed by atoms with Gasteiger partial charge in [0.25, 0.3) is 5.56 Å². The molecule has 2 heterocycles. The van der Waals surface area contributed by atoms with Crippen LogP contribution in [0.3, 0.4) is 0 Å². The van der Waals surface area contributed by atoms with Crippen molar-refractivity contribution >= 4 is 15.7 Å². The molecule has 0 bridgehead atoms. The standard InChI is InChI=1S/C17H24N4O4S/c1-5-11(2)21(14-6-7-26(24,25)10-14)16(22)9-20-17(23)15(8-18)12(3)13(4)19-20/h11,14H,5-7,9-10H2,1-4H3/t11-,14+/m0/s1. The highest BCUT2D eigenvalue weighted by Gasteiger charge is 2.36. The van der Waals surface area contributed by atoms with E-state index in [1.165, 1.54) is 0 Å². The van der Waals surface area contributed by atoms with E-state index >= 15 is 0 Å². The molecule has 1 amide bonds. The second-order valence-corrected chi connectivity index (χ2v) is 9.00. The van der Waals surface area contributed by atoms with Crippen LogP contribution in [0.5, 0.6) is 0 Å². The molecule has 0 unspecified atom stereocenters. The first-order valence-corrected chi connectivity index (χ1v) is 10.4. The fourth-order valence-corrected chi connectivity index (χ4v) is 4.93. The zero-order valence-corrected chi connectivity index (χ0v) is 16.3. The molecule has 8 nitrogen and oxygen atoms in total. The van der Waals surface area contributed by atoms with Crippen LogP contribution in [0.1, 0.15) is 43.5 Å². The average Bonchev–Trinajstić information content (AvgIpc) is 2.92. The number of sulfone groups is 1. The zero-order valence-electron chi connectivity index (χ0n) is 15.5. The lowest BCUT2D eigenvalue weighted by Crippen LogP contribution is -2.49. The maximum Gasteiger partial charge on any atom is 0.285 e. The van der Waals surface area contributed by atoms with Crippen molar-refractivity contribution in [2.24, 2.45) is 0 Å². The molecule has 1 aliphatic rings. The van der Waals surface area contributed by atoms with Crippen molar-refractivity contribution in [1.29, 1.82) is 5.26 Å². The number of carbonyl (C=O) groups excluding carboxylic acids is 1. The molecule has 1 saturated heterocycles. The van der Waals surface area contributed by atoms with E-state index in [1.54, 1.807) is 18.7 Å². The van der Waals surface area contributed by atoms with Crippen LogP contribution >= 0.6 is 0 Å². The van der Waals surface area contributed by atoms with Crippen LogP contribution in [0.15, 0.2) is 4.79 Å². The van der Waals surface area contributed by atoms with Crippen LogP contribution in [-0.4, -0.2) is 52.6 Å². The van der Waals surface area contributed by atoms with Gasteiger partial charge in [-0.1, -0.05) is 6.92 Å². The summed E-state index contributed by atoms with van der Waals surface area (Å²) in [6, 6.07) is 1.33. The molecule has 0 N–H and O–H groups in total. The number of nitriles is 1. The SMILES string of the molecule is CC[C@H](C)N(C(=O)Cn1nc(C)c(C)c(C#N)c1=O)[C@@H]1CCS(=O)(=O)C1. The molecule has 1 aromatic rings. The number of aryl methyl sites for hydroxylation is 1. The van der Waals surface area contributed by atoms with Crippen LogP contribution in [0, 0.1) is 25.2 Å². The van der Waals surface area contributed by atoms with Gasteiger partial charge in [-0.3, -0.25) is 9.59 Å². The van der Waals surface area contributed by atoms with Gasteiger partial charge in [-0.15, -0.1) is 0 Å². The molecule has 1 aliphatic heterocycles. The summed E-state index contributed by atoms with van der Waals surface area (Å²) in [7, 11) is -3.14. The largest absolute Gasteiger partial charge is 0.334 e. The minimum absolute atomic E-state index is 0.0242. The summed E-state index contributed by atoms with van der Waals surface area (Å²) in [6.45, 7) is 6.79. The van der Waals surface area contributed by atoms with Crippen molar-refractivity contribution < 1.29 is 13.2 Å². The smallest absolute Gasteiger partial charge is 0.285 e. The fraction of sp³-hybridized carbons (Fsp3) is 0.647.